The molecule has 8 heteroatoms. The van der Waals surface area contributed by atoms with Crippen LogP contribution in [-0.4, -0.2) is 29.1 Å². The fraction of sp³-hybridized carbons (Fsp3) is 0. The maximum Gasteiger partial charge on any atom is 0.177 e. The highest BCUT2D eigenvalue weighted by Gasteiger charge is 2.28. The second-order valence-electron chi connectivity index (χ2n) is 13.0. The molecule has 1 aliphatic carbocycles. The van der Waals surface area contributed by atoms with Gasteiger partial charge in [-0.3, -0.25) is 9.97 Å². The highest BCUT2D eigenvalue weighted by Crippen LogP contribution is 2.48. The Morgan fingerprint density at radius 2 is 0.962 bits per heavy atom. The van der Waals surface area contributed by atoms with Gasteiger partial charge in [0, 0.05) is 61.8 Å². The number of nitriles is 2. The fourth-order valence-electron chi connectivity index (χ4n) is 8.22. The highest BCUT2D eigenvalue weighted by molar-refractivity contribution is 6.18. The van der Waals surface area contributed by atoms with E-state index in [2.05, 4.69) is 138 Å². The van der Waals surface area contributed by atoms with Crippen LogP contribution in [-0.2, 0) is 0 Å². The Balaban J connectivity index is 1.24. The lowest BCUT2D eigenvalue weighted by Gasteiger charge is -2.17. The van der Waals surface area contributed by atoms with Crippen molar-refractivity contribution in [3.63, 3.8) is 0 Å². The minimum atomic E-state index is 0.0324. The lowest BCUT2D eigenvalue weighted by Crippen LogP contribution is -2.00. The van der Waals surface area contributed by atoms with E-state index >= 15 is 0 Å². The molecule has 11 rings (SSSR count). The van der Waals surface area contributed by atoms with Crippen LogP contribution in [0.25, 0.3) is 99.4 Å². The average molecular weight is 663 g/mol. The molecule has 0 amide bonds. The van der Waals surface area contributed by atoms with Gasteiger partial charge in [-0.05, 0) is 59.0 Å². The first-order valence-electron chi connectivity index (χ1n) is 16.8. The van der Waals surface area contributed by atoms with E-state index in [-0.39, 0.29) is 11.4 Å². The molecule has 8 nitrogen and oxygen atoms in total. The van der Waals surface area contributed by atoms with Crippen LogP contribution in [0, 0.1) is 22.7 Å². The molecule has 0 atom stereocenters. The molecular weight excluding hydrogens is 641 g/mol. The molecule has 0 radical (unpaired) electrons. The van der Waals surface area contributed by atoms with Gasteiger partial charge in [-0.25, -0.2) is 9.97 Å². The predicted molar refractivity (Wildman–Crippen MR) is 203 cm³/mol. The molecule has 0 N–H and O–H groups in total. The van der Waals surface area contributed by atoms with Crippen LogP contribution >= 0.6 is 0 Å². The zero-order valence-corrected chi connectivity index (χ0v) is 27.3. The minimum absolute atomic E-state index is 0.0324. The normalized spacial score (nSPS) is 11.8. The van der Waals surface area contributed by atoms with Crippen molar-refractivity contribution in [2.45, 2.75) is 0 Å². The van der Waals surface area contributed by atoms with Crippen molar-refractivity contribution in [1.82, 2.24) is 29.1 Å². The summed E-state index contributed by atoms with van der Waals surface area (Å²) in [6.45, 7) is 0. The van der Waals surface area contributed by atoms with Crippen LogP contribution < -0.4 is 0 Å². The van der Waals surface area contributed by atoms with E-state index in [1.807, 2.05) is 36.9 Å². The molecule has 10 aromatic rings. The molecule has 5 heterocycles. The lowest BCUT2D eigenvalue weighted by molar-refractivity contribution is 1.12. The van der Waals surface area contributed by atoms with E-state index < -0.39 is 0 Å². The molecule has 0 saturated heterocycles. The Kier molecular flexibility index (Phi) is 5.64. The van der Waals surface area contributed by atoms with E-state index in [1.165, 1.54) is 0 Å². The molecule has 0 aliphatic heterocycles. The van der Waals surface area contributed by atoms with Crippen molar-refractivity contribution in [3.05, 3.63) is 145 Å². The average Bonchev–Trinajstić information content (AvgIpc) is 3.84. The molecule has 0 unspecified atom stereocenters. The third-order valence-electron chi connectivity index (χ3n) is 10.3. The number of fused-ring (bicyclic) bond motifs is 9. The van der Waals surface area contributed by atoms with Gasteiger partial charge in [-0.1, -0.05) is 66.7 Å². The Bertz CT molecular complexity index is 3000. The zero-order valence-electron chi connectivity index (χ0n) is 27.3. The van der Waals surface area contributed by atoms with Gasteiger partial charge in [0.2, 0.25) is 0 Å². The van der Waals surface area contributed by atoms with Gasteiger partial charge in [0.25, 0.3) is 0 Å². The molecular formula is C44H22N8. The predicted octanol–water partition coefficient (Wildman–Crippen LogP) is 9.67. The zero-order chi connectivity index (χ0) is 34.5. The summed E-state index contributed by atoms with van der Waals surface area (Å²) in [7, 11) is 0. The van der Waals surface area contributed by atoms with Crippen LogP contribution in [0.1, 0.15) is 11.4 Å². The Morgan fingerprint density at radius 3 is 1.54 bits per heavy atom. The Morgan fingerprint density at radius 1 is 0.462 bits per heavy atom. The van der Waals surface area contributed by atoms with E-state index in [0.717, 1.165) is 88.0 Å². The van der Waals surface area contributed by atoms with Gasteiger partial charge in [0.1, 0.15) is 12.1 Å². The molecule has 52 heavy (non-hydrogen) atoms. The van der Waals surface area contributed by atoms with Gasteiger partial charge in [0.05, 0.1) is 45.8 Å². The Hall–Kier alpha value is -7.68. The molecule has 0 spiro atoms. The van der Waals surface area contributed by atoms with Crippen molar-refractivity contribution in [3.8, 4) is 57.2 Å². The SMILES string of the molecule is N#Cc1nc2c(nc1C#N)-c1ccc(-c3cc(-n4c5ccccc5c5ccncc54)cc(-n4c5ccccc5c5ccncc54)c3)c3cccc-2c13. The van der Waals surface area contributed by atoms with Crippen LogP contribution in [0.5, 0.6) is 0 Å². The summed E-state index contributed by atoms with van der Waals surface area (Å²) in [5, 5.41) is 26.1. The molecule has 0 saturated carbocycles. The van der Waals surface area contributed by atoms with Gasteiger partial charge in [0.15, 0.2) is 11.4 Å². The third-order valence-corrected chi connectivity index (χ3v) is 10.3. The van der Waals surface area contributed by atoms with Crippen molar-refractivity contribution in [2.24, 2.45) is 0 Å². The van der Waals surface area contributed by atoms with Crippen molar-refractivity contribution in [2.75, 3.05) is 0 Å². The van der Waals surface area contributed by atoms with Gasteiger partial charge < -0.3 is 9.13 Å². The summed E-state index contributed by atoms with van der Waals surface area (Å²) in [6.07, 6.45) is 7.57. The quantitative estimate of drug-likeness (QED) is 0.186. The molecule has 5 aromatic heterocycles. The number of hydrogen-bond acceptors (Lipinski definition) is 6. The van der Waals surface area contributed by atoms with Crippen LogP contribution in [0.15, 0.2) is 134 Å². The summed E-state index contributed by atoms with van der Waals surface area (Å²) in [6, 6.07) is 42.3. The second-order valence-corrected chi connectivity index (χ2v) is 13.0. The van der Waals surface area contributed by atoms with Gasteiger partial charge in [-0.2, -0.15) is 10.5 Å². The summed E-state index contributed by atoms with van der Waals surface area (Å²) in [5.74, 6) is 0. The minimum Gasteiger partial charge on any atom is -0.308 e. The van der Waals surface area contributed by atoms with Crippen LogP contribution in [0.2, 0.25) is 0 Å². The summed E-state index contributed by atoms with van der Waals surface area (Å²) in [4.78, 5) is 18.4. The van der Waals surface area contributed by atoms with Crippen LogP contribution in [0.4, 0.5) is 0 Å². The fourth-order valence-corrected chi connectivity index (χ4v) is 8.22. The highest BCUT2D eigenvalue weighted by atomic mass is 15.0. The first-order chi connectivity index (χ1) is 25.7. The first kappa shape index (κ1) is 28.2. The molecule has 0 bridgehead atoms. The molecule has 238 valence electrons. The lowest BCUT2D eigenvalue weighted by atomic mass is 9.94. The maximum atomic E-state index is 9.74. The molecule has 1 aliphatic rings. The van der Waals surface area contributed by atoms with Gasteiger partial charge in [-0.15, -0.1) is 0 Å². The number of para-hydroxylation sites is 2. The standard InChI is InChI=1S/C44H22N8/c45-21-36-37(22-46)50-44-35-13-12-28(33-8-5-9-34(42(33)35)43(44)49-36)25-18-26(51-38-10-3-1-6-29(38)31-14-16-47-23-40(31)51)20-27(19-25)52-39-11-4-2-7-30(39)32-15-17-48-24-41(32)52/h1-20,23-24H. The first-order valence-corrected chi connectivity index (χ1v) is 16.8. The topological polar surface area (TPSA) is 109 Å². The largest absolute Gasteiger partial charge is 0.308 e. The number of nitrogens with zero attached hydrogens (tertiary/aromatic N) is 8. The molecule has 0 fully saturated rings. The second kappa shape index (κ2) is 10.4. The van der Waals surface area contributed by atoms with Gasteiger partial charge >= 0.3 is 0 Å². The number of aromatic nitrogens is 6. The smallest absolute Gasteiger partial charge is 0.177 e. The van der Waals surface area contributed by atoms with Crippen LogP contribution in [0.3, 0.4) is 0 Å². The number of rotatable bonds is 3. The summed E-state index contributed by atoms with van der Waals surface area (Å²) >= 11 is 0. The van der Waals surface area contributed by atoms with Crippen molar-refractivity contribution < 1.29 is 0 Å². The van der Waals surface area contributed by atoms with E-state index in [9.17, 15) is 10.5 Å². The van der Waals surface area contributed by atoms with E-state index in [4.69, 9.17) is 0 Å². The van der Waals surface area contributed by atoms with Crippen molar-refractivity contribution >= 4 is 54.4 Å². The monoisotopic (exact) mass is 662 g/mol. The van der Waals surface area contributed by atoms with E-state index in [1.54, 1.807) is 0 Å². The van der Waals surface area contributed by atoms with Crippen molar-refractivity contribution in [1.29, 1.82) is 10.5 Å². The maximum absolute atomic E-state index is 9.74. The number of hydrogen-bond donors (Lipinski definition) is 0. The Labute approximate surface area is 295 Å². The summed E-state index contributed by atoms with van der Waals surface area (Å²) in [5.41, 5.74) is 11.4. The number of pyridine rings is 2. The third kappa shape index (κ3) is 3.72. The molecule has 5 aromatic carbocycles. The number of benzene rings is 5. The van der Waals surface area contributed by atoms with E-state index in [0.29, 0.717) is 11.4 Å². The summed E-state index contributed by atoms with van der Waals surface area (Å²) < 4.78 is 4.60.